The molecule has 0 amide bonds. The molecule has 0 aliphatic rings. The summed E-state index contributed by atoms with van der Waals surface area (Å²) in [6.45, 7) is 8.13. The van der Waals surface area contributed by atoms with Crippen LogP contribution in [0.1, 0.15) is 26.3 Å². The Morgan fingerprint density at radius 3 is 2.55 bits per heavy atom. The van der Waals surface area contributed by atoms with Crippen molar-refractivity contribution in [3.8, 4) is 5.69 Å². The standard InChI is InChI=1S/C16H23N3O/c1-4-18(13-16(2,3)20)11-14-10-17-19(12-14)15-8-6-5-7-9-15/h5-10,12,20H,4,11,13H2,1-3H3. The van der Waals surface area contributed by atoms with Crippen LogP contribution in [0.4, 0.5) is 0 Å². The Morgan fingerprint density at radius 1 is 1.25 bits per heavy atom. The monoisotopic (exact) mass is 273 g/mol. The summed E-state index contributed by atoms with van der Waals surface area (Å²) in [7, 11) is 0. The zero-order chi connectivity index (χ0) is 14.6. The van der Waals surface area contributed by atoms with Crippen molar-refractivity contribution >= 4 is 0 Å². The van der Waals surface area contributed by atoms with Crippen molar-refractivity contribution in [3.63, 3.8) is 0 Å². The molecular weight excluding hydrogens is 250 g/mol. The third kappa shape index (κ3) is 4.18. The largest absolute Gasteiger partial charge is 0.389 e. The molecule has 0 fully saturated rings. The van der Waals surface area contributed by atoms with E-state index in [1.54, 1.807) is 0 Å². The summed E-state index contributed by atoms with van der Waals surface area (Å²) in [6.07, 6.45) is 3.93. The van der Waals surface area contributed by atoms with Crippen LogP contribution >= 0.6 is 0 Å². The third-order valence-electron chi connectivity index (χ3n) is 3.12. The first-order valence-corrected chi connectivity index (χ1v) is 7.01. The molecule has 0 radical (unpaired) electrons. The quantitative estimate of drug-likeness (QED) is 0.879. The van der Waals surface area contributed by atoms with Gasteiger partial charge in [0.1, 0.15) is 0 Å². The molecule has 4 heteroatoms. The highest BCUT2D eigenvalue weighted by Crippen LogP contribution is 2.12. The van der Waals surface area contributed by atoms with Crippen molar-refractivity contribution in [1.29, 1.82) is 0 Å². The normalized spacial score (nSPS) is 12.1. The summed E-state index contributed by atoms with van der Waals surface area (Å²) < 4.78 is 1.88. The van der Waals surface area contributed by atoms with E-state index in [0.29, 0.717) is 6.54 Å². The Balaban J connectivity index is 2.05. The van der Waals surface area contributed by atoms with Gasteiger partial charge in [0, 0.05) is 24.8 Å². The first-order valence-electron chi connectivity index (χ1n) is 7.01. The Kier molecular flexibility index (Phi) is 4.57. The van der Waals surface area contributed by atoms with Gasteiger partial charge in [-0.1, -0.05) is 25.1 Å². The minimum Gasteiger partial charge on any atom is -0.389 e. The maximum absolute atomic E-state index is 9.92. The zero-order valence-corrected chi connectivity index (χ0v) is 12.5. The van der Waals surface area contributed by atoms with Crippen molar-refractivity contribution in [2.24, 2.45) is 0 Å². The van der Waals surface area contributed by atoms with Crippen molar-refractivity contribution in [2.45, 2.75) is 32.9 Å². The molecular formula is C16H23N3O. The number of aliphatic hydroxyl groups is 1. The highest BCUT2D eigenvalue weighted by molar-refractivity contribution is 5.30. The first kappa shape index (κ1) is 14.8. The van der Waals surface area contributed by atoms with Crippen molar-refractivity contribution in [1.82, 2.24) is 14.7 Å². The van der Waals surface area contributed by atoms with E-state index in [4.69, 9.17) is 0 Å². The molecule has 0 spiro atoms. The highest BCUT2D eigenvalue weighted by Gasteiger charge is 2.17. The number of rotatable bonds is 6. The molecule has 0 atom stereocenters. The second-order valence-electron chi connectivity index (χ2n) is 5.74. The Morgan fingerprint density at radius 2 is 1.95 bits per heavy atom. The van der Waals surface area contributed by atoms with Gasteiger partial charge in [0.15, 0.2) is 0 Å². The molecule has 2 aromatic rings. The van der Waals surface area contributed by atoms with Crippen LogP contribution < -0.4 is 0 Å². The number of benzene rings is 1. The Bertz CT molecular complexity index is 528. The molecule has 0 bridgehead atoms. The predicted molar refractivity (Wildman–Crippen MR) is 80.8 cm³/mol. The summed E-state index contributed by atoms with van der Waals surface area (Å²) in [4.78, 5) is 2.21. The average molecular weight is 273 g/mol. The third-order valence-corrected chi connectivity index (χ3v) is 3.12. The molecule has 0 aliphatic carbocycles. The summed E-state index contributed by atoms with van der Waals surface area (Å²) in [6, 6.07) is 10.1. The van der Waals surface area contributed by atoms with Crippen LogP contribution in [0.3, 0.4) is 0 Å². The molecule has 0 saturated carbocycles. The fraction of sp³-hybridized carbons (Fsp3) is 0.438. The van der Waals surface area contributed by atoms with Crippen LogP contribution in [0.5, 0.6) is 0 Å². The number of nitrogens with zero attached hydrogens (tertiary/aromatic N) is 3. The molecule has 1 aromatic heterocycles. The van der Waals surface area contributed by atoms with Gasteiger partial charge < -0.3 is 5.11 Å². The van der Waals surface area contributed by atoms with Gasteiger partial charge in [0.2, 0.25) is 0 Å². The Hall–Kier alpha value is -1.65. The van der Waals surface area contributed by atoms with Gasteiger partial charge >= 0.3 is 0 Å². The number of hydrogen-bond donors (Lipinski definition) is 1. The number of hydrogen-bond acceptors (Lipinski definition) is 3. The van der Waals surface area contributed by atoms with Gasteiger partial charge in [0.25, 0.3) is 0 Å². The van der Waals surface area contributed by atoms with E-state index in [1.807, 2.05) is 61.3 Å². The number of likely N-dealkylation sites (N-methyl/N-ethyl adjacent to an activating group) is 1. The molecule has 20 heavy (non-hydrogen) atoms. The van der Waals surface area contributed by atoms with E-state index < -0.39 is 5.60 Å². The Labute approximate surface area is 120 Å². The van der Waals surface area contributed by atoms with Crippen molar-refractivity contribution in [3.05, 3.63) is 48.3 Å². The van der Waals surface area contributed by atoms with E-state index in [2.05, 4.69) is 16.9 Å². The van der Waals surface area contributed by atoms with E-state index >= 15 is 0 Å². The van der Waals surface area contributed by atoms with Crippen LogP contribution in [0.15, 0.2) is 42.7 Å². The minimum atomic E-state index is -0.675. The van der Waals surface area contributed by atoms with Gasteiger partial charge in [-0.3, -0.25) is 4.90 Å². The maximum Gasteiger partial charge on any atom is 0.0718 e. The number of aromatic nitrogens is 2. The first-order chi connectivity index (χ1) is 9.48. The summed E-state index contributed by atoms with van der Waals surface area (Å²) in [5.41, 5.74) is 1.54. The van der Waals surface area contributed by atoms with Gasteiger partial charge in [-0.2, -0.15) is 5.10 Å². The van der Waals surface area contributed by atoms with Crippen LogP contribution in [-0.2, 0) is 6.54 Å². The van der Waals surface area contributed by atoms with Gasteiger partial charge in [-0.25, -0.2) is 4.68 Å². The van der Waals surface area contributed by atoms with E-state index in [9.17, 15) is 5.11 Å². The summed E-state index contributed by atoms with van der Waals surface area (Å²) in [5, 5.41) is 14.3. The van der Waals surface area contributed by atoms with Crippen molar-refractivity contribution in [2.75, 3.05) is 13.1 Å². The van der Waals surface area contributed by atoms with Crippen LogP contribution in [0.25, 0.3) is 5.69 Å². The molecule has 108 valence electrons. The zero-order valence-electron chi connectivity index (χ0n) is 12.5. The molecule has 0 aliphatic heterocycles. The molecule has 1 aromatic carbocycles. The van der Waals surface area contributed by atoms with Crippen LogP contribution in [0.2, 0.25) is 0 Å². The fourth-order valence-corrected chi connectivity index (χ4v) is 2.25. The molecule has 2 rings (SSSR count). The lowest BCUT2D eigenvalue weighted by atomic mass is 10.1. The second-order valence-corrected chi connectivity index (χ2v) is 5.74. The van der Waals surface area contributed by atoms with Crippen LogP contribution in [-0.4, -0.2) is 38.5 Å². The lowest BCUT2D eigenvalue weighted by molar-refractivity contribution is 0.0353. The lowest BCUT2D eigenvalue weighted by Crippen LogP contribution is -2.38. The topological polar surface area (TPSA) is 41.3 Å². The minimum absolute atomic E-state index is 0.653. The smallest absolute Gasteiger partial charge is 0.0718 e. The van der Waals surface area contributed by atoms with Gasteiger partial charge in [-0.05, 0) is 32.5 Å². The molecule has 4 nitrogen and oxygen atoms in total. The highest BCUT2D eigenvalue weighted by atomic mass is 16.3. The maximum atomic E-state index is 9.92. The van der Waals surface area contributed by atoms with Gasteiger partial charge in [0.05, 0.1) is 17.5 Å². The van der Waals surface area contributed by atoms with Crippen LogP contribution in [0, 0.1) is 0 Å². The second kappa shape index (κ2) is 6.20. The molecule has 1 N–H and O–H groups in total. The predicted octanol–water partition coefficient (Wildman–Crippen LogP) is 2.47. The SMILES string of the molecule is CCN(Cc1cnn(-c2ccccc2)c1)CC(C)(C)O. The van der Waals surface area contributed by atoms with Crippen molar-refractivity contribution < 1.29 is 5.11 Å². The lowest BCUT2D eigenvalue weighted by Gasteiger charge is -2.27. The average Bonchev–Trinajstić information content (AvgIpc) is 2.86. The molecule has 0 unspecified atom stereocenters. The van der Waals surface area contributed by atoms with Gasteiger partial charge in [-0.15, -0.1) is 0 Å². The molecule has 1 heterocycles. The van der Waals surface area contributed by atoms with E-state index in [1.165, 1.54) is 0 Å². The fourth-order valence-electron chi connectivity index (χ4n) is 2.25. The van der Waals surface area contributed by atoms with E-state index in [0.717, 1.165) is 24.3 Å². The molecule has 0 saturated heterocycles. The summed E-state index contributed by atoms with van der Waals surface area (Å²) in [5.74, 6) is 0. The van der Waals surface area contributed by atoms with E-state index in [-0.39, 0.29) is 0 Å². The summed E-state index contributed by atoms with van der Waals surface area (Å²) >= 11 is 0. The number of para-hydroxylation sites is 1.